The largest absolute Gasteiger partial charge is 0.352 e. The van der Waals surface area contributed by atoms with Crippen molar-refractivity contribution in [2.45, 2.75) is 58.0 Å². The molecule has 1 aliphatic rings. The predicted octanol–water partition coefficient (Wildman–Crippen LogP) is 2.23. The van der Waals surface area contributed by atoms with Gasteiger partial charge in [0.15, 0.2) is 5.65 Å². The minimum absolute atomic E-state index is 0.0600. The summed E-state index contributed by atoms with van der Waals surface area (Å²) >= 11 is 0. The number of hydrogen-bond donors (Lipinski definition) is 1. The predicted molar refractivity (Wildman–Crippen MR) is 99.2 cm³/mol. The molecule has 1 saturated carbocycles. The Hall–Kier alpha value is -2.70. The number of nitrogens with one attached hydrogen (secondary N) is 1. The Bertz CT molecular complexity index is 1030. The minimum atomic E-state index is -0.316. The van der Waals surface area contributed by atoms with Crippen LogP contribution in [0.1, 0.15) is 51.3 Å². The highest BCUT2D eigenvalue weighted by atomic mass is 16.2. The van der Waals surface area contributed by atoms with Gasteiger partial charge in [0.25, 0.3) is 0 Å². The number of amides is 1. The first-order valence-electron chi connectivity index (χ1n) is 9.22. The van der Waals surface area contributed by atoms with Crippen LogP contribution in [0.25, 0.3) is 16.6 Å². The Labute approximate surface area is 151 Å². The van der Waals surface area contributed by atoms with E-state index in [2.05, 4.69) is 15.4 Å². The van der Waals surface area contributed by atoms with Crippen molar-refractivity contribution in [3.63, 3.8) is 0 Å². The molecule has 0 bridgehead atoms. The number of rotatable bonds is 4. The molecule has 1 aromatic carbocycles. The lowest BCUT2D eigenvalue weighted by atomic mass is 10.2. The van der Waals surface area contributed by atoms with Gasteiger partial charge in [0.2, 0.25) is 5.91 Å². The summed E-state index contributed by atoms with van der Waals surface area (Å²) in [5.41, 5.74) is 1.04. The van der Waals surface area contributed by atoms with Crippen LogP contribution >= 0.6 is 0 Å². The molecule has 7 heteroatoms. The molecule has 0 saturated heterocycles. The molecule has 4 rings (SSSR count). The molecular formula is C19H23N5O2. The van der Waals surface area contributed by atoms with E-state index < -0.39 is 0 Å². The number of carbonyl (C=O) groups excluding carboxylic acids is 1. The maximum atomic E-state index is 12.9. The fourth-order valence-corrected chi connectivity index (χ4v) is 3.69. The summed E-state index contributed by atoms with van der Waals surface area (Å²) in [6.45, 7) is 3.92. The highest BCUT2D eigenvalue weighted by Crippen LogP contribution is 2.21. The molecule has 26 heavy (non-hydrogen) atoms. The monoisotopic (exact) mass is 353 g/mol. The van der Waals surface area contributed by atoms with E-state index in [4.69, 9.17) is 0 Å². The maximum Gasteiger partial charge on any atom is 0.352 e. The number of nitrogens with zero attached hydrogens (tertiary/aromatic N) is 4. The summed E-state index contributed by atoms with van der Waals surface area (Å²) in [6.07, 6.45) is 4.32. The van der Waals surface area contributed by atoms with Crippen LogP contribution in [0.2, 0.25) is 0 Å². The van der Waals surface area contributed by atoms with E-state index in [0.717, 1.165) is 36.6 Å². The second-order valence-electron chi connectivity index (χ2n) is 7.29. The van der Waals surface area contributed by atoms with Gasteiger partial charge in [-0.05, 0) is 25.0 Å². The summed E-state index contributed by atoms with van der Waals surface area (Å²) in [4.78, 5) is 29.9. The Morgan fingerprint density at radius 1 is 1.27 bits per heavy atom. The number of fused-ring (bicyclic) bond motifs is 3. The van der Waals surface area contributed by atoms with E-state index in [-0.39, 0.29) is 30.1 Å². The highest BCUT2D eigenvalue weighted by Gasteiger charge is 2.21. The number of carbonyl (C=O) groups is 1. The van der Waals surface area contributed by atoms with Crippen LogP contribution < -0.4 is 11.0 Å². The van der Waals surface area contributed by atoms with Crippen LogP contribution in [0, 0.1) is 0 Å². The number of benzene rings is 1. The van der Waals surface area contributed by atoms with Crippen molar-refractivity contribution < 1.29 is 4.79 Å². The lowest BCUT2D eigenvalue weighted by Crippen LogP contribution is -2.38. The van der Waals surface area contributed by atoms with E-state index in [0.29, 0.717) is 11.5 Å². The van der Waals surface area contributed by atoms with Crippen LogP contribution in [0.3, 0.4) is 0 Å². The molecule has 0 aliphatic heterocycles. The van der Waals surface area contributed by atoms with Crippen LogP contribution in [-0.4, -0.2) is 31.1 Å². The van der Waals surface area contributed by atoms with Crippen LogP contribution in [0.15, 0.2) is 29.1 Å². The summed E-state index contributed by atoms with van der Waals surface area (Å²) in [6, 6.07) is 7.85. The van der Waals surface area contributed by atoms with Crippen molar-refractivity contribution in [2.24, 2.45) is 0 Å². The zero-order valence-electron chi connectivity index (χ0n) is 15.1. The lowest BCUT2D eigenvalue weighted by Gasteiger charge is -2.11. The first-order valence-corrected chi connectivity index (χ1v) is 9.22. The topological polar surface area (TPSA) is 81.3 Å². The summed E-state index contributed by atoms with van der Waals surface area (Å²) < 4.78 is 2.79. The Balaban J connectivity index is 1.77. The molecule has 3 aromatic rings. The summed E-state index contributed by atoms with van der Waals surface area (Å²) in [7, 11) is 0. The van der Waals surface area contributed by atoms with Gasteiger partial charge >= 0.3 is 5.69 Å². The molecule has 1 aliphatic carbocycles. The average molecular weight is 353 g/mol. The van der Waals surface area contributed by atoms with Crippen molar-refractivity contribution in [3.8, 4) is 0 Å². The van der Waals surface area contributed by atoms with Crippen molar-refractivity contribution in [1.29, 1.82) is 0 Å². The van der Waals surface area contributed by atoms with Gasteiger partial charge in [-0.1, -0.05) is 38.8 Å². The summed E-state index contributed by atoms with van der Waals surface area (Å²) in [5.74, 6) is 0.557. The van der Waals surface area contributed by atoms with Crippen molar-refractivity contribution in [2.75, 3.05) is 0 Å². The van der Waals surface area contributed by atoms with Crippen LogP contribution in [0.4, 0.5) is 0 Å². The quantitative estimate of drug-likeness (QED) is 0.780. The highest BCUT2D eigenvalue weighted by molar-refractivity contribution is 5.91. The maximum absolute atomic E-state index is 12.9. The summed E-state index contributed by atoms with van der Waals surface area (Å²) in [5, 5.41) is 8.28. The first kappa shape index (κ1) is 16.8. The first-order chi connectivity index (χ1) is 12.5. The molecule has 7 nitrogen and oxygen atoms in total. The van der Waals surface area contributed by atoms with Crippen molar-refractivity contribution in [3.05, 3.63) is 40.6 Å². The molecule has 2 heterocycles. The molecule has 0 radical (unpaired) electrons. The standard InChI is InChI=1S/C19H23N5O2/c1-12(2)17-21-15-10-6-5-9-14(15)18-22-23(19(26)24(17)18)11-16(25)20-13-7-3-4-8-13/h5-6,9-10,12-13H,3-4,7-8,11H2,1-2H3,(H,20,25). The molecule has 1 fully saturated rings. The molecule has 136 valence electrons. The molecule has 0 atom stereocenters. The van der Waals surface area contributed by atoms with Gasteiger partial charge in [-0.3, -0.25) is 4.79 Å². The fourth-order valence-electron chi connectivity index (χ4n) is 3.69. The Morgan fingerprint density at radius 2 is 2.00 bits per heavy atom. The smallest absolute Gasteiger partial charge is 0.352 e. The van der Waals surface area contributed by atoms with Gasteiger partial charge in [-0.2, -0.15) is 0 Å². The van der Waals surface area contributed by atoms with Crippen molar-refractivity contribution >= 4 is 22.5 Å². The van der Waals surface area contributed by atoms with Gasteiger partial charge in [0.05, 0.1) is 5.52 Å². The number of aromatic nitrogens is 4. The third-order valence-electron chi connectivity index (χ3n) is 4.98. The van der Waals surface area contributed by atoms with E-state index in [1.807, 2.05) is 38.1 Å². The molecule has 1 N–H and O–H groups in total. The minimum Gasteiger partial charge on any atom is -0.352 e. The third-order valence-corrected chi connectivity index (χ3v) is 4.98. The molecular weight excluding hydrogens is 330 g/mol. The second-order valence-corrected chi connectivity index (χ2v) is 7.29. The van der Waals surface area contributed by atoms with Gasteiger partial charge in [0.1, 0.15) is 12.4 Å². The number of para-hydroxylation sites is 1. The van der Waals surface area contributed by atoms with Gasteiger partial charge < -0.3 is 5.32 Å². The molecule has 0 unspecified atom stereocenters. The second kappa shape index (κ2) is 6.55. The average Bonchev–Trinajstić information content (AvgIpc) is 3.23. The van der Waals surface area contributed by atoms with Gasteiger partial charge in [0, 0.05) is 17.3 Å². The SMILES string of the molecule is CC(C)c1nc2ccccc2c2nn(CC(=O)NC3CCCC3)c(=O)n12. The zero-order chi connectivity index (χ0) is 18.3. The van der Waals surface area contributed by atoms with E-state index in [9.17, 15) is 9.59 Å². The lowest BCUT2D eigenvalue weighted by molar-refractivity contribution is -0.122. The fraction of sp³-hybridized carbons (Fsp3) is 0.474. The van der Waals surface area contributed by atoms with Gasteiger partial charge in [-0.25, -0.2) is 18.9 Å². The van der Waals surface area contributed by atoms with E-state index in [1.165, 1.54) is 9.08 Å². The third kappa shape index (κ3) is 2.87. The normalized spacial score (nSPS) is 15.3. The van der Waals surface area contributed by atoms with E-state index in [1.54, 1.807) is 0 Å². The molecule has 1 amide bonds. The van der Waals surface area contributed by atoms with Crippen LogP contribution in [-0.2, 0) is 11.3 Å². The Kier molecular flexibility index (Phi) is 4.22. The van der Waals surface area contributed by atoms with E-state index >= 15 is 0 Å². The van der Waals surface area contributed by atoms with Crippen LogP contribution in [0.5, 0.6) is 0 Å². The molecule has 2 aromatic heterocycles. The molecule has 0 spiro atoms. The number of hydrogen-bond acceptors (Lipinski definition) is 4. The zero-order valence-corrected chi connectivity index (χ0v) is 15.1. The van der Waals surface area contributed by atoms with Crippen molar-refractivity contribution in [1.82, 2.24) is 24.5 Å². The Morgan fingerprint density at radius 3 is 2.73 bits per heavy atom. The van der Waals surface area contributed by atoms with Gasteiger partial charge in [-0.15, -0.1) is 5.10 Å².